The van der Waals surface area contributed by atoms with E-state index in [9.17, 15) is 4.39 Å². The Morgan fingerprint density at radius 1 is 1.11 bits per heavy atom. The van der Waals surface area contributed by atoms with Crippen LogP contribution in [-0.4, -0.2) is 15.1 Å². The molecule has 3 rings (SSSR count). The van der Waals surface area contributed by atoms with E-state index in [1.807, 2.05) is 0 Å². The topological polar surface area (TPSA) is 65.0 Å². The lowest BCUT2D eigenvalue weighted by molar-refractivity contribution is 0.430. The van der Waals surface area contributed by atoms with E-state index in [-0.39, 0.29) is 11.7 Å². The highest BCUT2D eigenvalue weighted by molar-refractivity contribution is 5.57. The number of halogens is 1. The minimum atomic E-state index is -0.311. The van der Waals surface area contributed by atoms with Crippen LogP contribution in [0, 0.1) is 12.7 Å². The molecule has 6 heteroatoms. The highest BCUT2D eigenvalue weighted by Crippen LogP contribution is 2.21. The first kappa shape index (κ1) is 10.6. The first-order valence-electron chi connectivity index (χ1n) is 5.24. The number of nitrogens with zero attached hydrogens (tertiary/aromatic N) is 3. The molecule has 0 aliphatic carbocycles. The third-order valence-corrected chi connectivity index (χ3v) is 2.37. The van der Waals surface area contributed by atoms with Gasteiger partial charge in [-0.25, -0.2) is 9.37 Å². The molecule has 1 aromatic carbocycles. The summed E-state index contributed by atoms with van der Waals surface area (Å²) >= 11 is 0. The minimum Gasteiger partial charge on any atom is -0.448 e. The lowest BCUT2D eigenvalue weighted by Gasteiger charge is -1.92. The van der Waals surface area contributed by atoms with E-state index in [0.29, 0.717) is 23.0 Å². The molecule has 5 nitrogen and oxygen atoms in total. The van der Waals surface area contributed by atoms with Crippen LogP contribution >= 0.6 is 0 Å². The number of aryl methyl sites for hydroxylation is 1. The van der Waals surface area contributed by atoms with Gasteiger partial charge < -0.3 is 8.94 Å². The van der Waals surface area contributed by atoms with Crippen molar-refractivity contribution in [2.75, 3.05) is 0 Å². The molecule has 0 N–H and O–H groups in total. The van der Waals surface area contributed by atoms with Crippen molar-refractivity contribution in [3.05, 3.63) is 42.2 Å². The van der Waals surface area contributed by atoms with Crippen molar-refractivity contribution in [3.63, 3.8) is 0 Å². The second kappa shape index (κ2) is 4.06. The molecule has 0 amide bonds. The Morgan fingerprint density at radius 2 is 1.89 bits per heavy atom. The molecule has 0 spiro atoms. The van der Waals surface area contributed by atoms with Crippen LogP contribution in [0.5, 0.6) is 0 Å². The summed E-state index contributed by atoms with van der Waals surface area (Å²) < 4.78 is 22.9. The molecule has 3 aromatic rings. The normalized spacial score (nSPS) is 10.8. The molecule has 0 saturated carbocycles. The van der Waals surface area contributed by atoms with Crippen molar-refractivity contribution >= 4 is 0 Å². The van der Waals surface area contributed by atoms with Gasteiger partial charge in [0, 0.05) is 12.5 Å². The van der Waals surface area contributed by atoms with E-state index >= 15 is 0 Å². The minimum absolute atomic E-state index is 0.270. The number of oxazole rings is 1. The zero-order chi connectivity index (χ0) is 12.5. The lowest BCUT2D eigenvalue weighted by Crippen LogP contribution is -1.82. The molecule has 0 aliphatic heterocycles. The summed E-state index contributed by atoms with van der Waals surface area (Å²) in [7, 11) is 0. The van der Waals surface area contributed by atoms with Gasteiger partial charge in [0.15, 0.2) is 11.6 Å². The second-order valence-electron chi connectivity index (χ2n) is 3.68. The van der Waals surface area contributed by atoms with E-state index in [1.54, 1.807) is 19.1 Å². The van der Waals surface area contributed by atoms with Gasteiger partial charge in [-0.3, -0.25) is 0 Å². The van der Waals surface area contributed by atoms with Gasteiger partial charge in [0.1, 0.15) is 12.1 Å². The maximum absolute atomic E-state index is 12.8. The zero-order valence-corrected chi connectivity index (χ0v) is 9.42. The highest BCUT2D eigenvalue weighted by atomic mass is 19.1. The Kier molecular flexibility index (Phi) is 2.40. The molecular weight excluding hydrogens is 237 g/mol. The van der Waals surface area contributed by atoms with Crippen molar-refractivity contribution in [2.45, 2.75) is 6.92 Å². The number of benzene rings is 1. The summed E-state index contributed by atoms with van der Waals surface area (Å²) in [4.78, 5) is 8.25. The van der Waals surface area contributed by atoms with Gasteiger partial charge in [0.05, 0.1) is 0 Å². The van der Waals surface area contributed by atoms with Gasteiger partial charge in [-0.05, 0) is 24.3 Å². The third-order valence-electron chi connectivity index (χ3n) is 2.37. The summed E-state index contributed by atoms with van der Waals surface area (Å²) in [6.07, 6.45) is 1.44. The SMILES string of the molecule is Cc1nc(-c2nc(-c3ccc(F)cc3)no2)co1. The molecule has 0 radical (unpaired) electrons. The number of rotatable bonds is 2. The lowest BCUT2D eigenvalue weighted by atomic mass is 10.2. The fourth-order valence-electron chi connectivity index (χ4n) is 1.51. The smallest absolute Gasteiger partial charge is 0.280 e. The third kappa shape index (κ3) is 1.88. The van der Waals surface area contributed by atoms with Gasteiger partial charge in [-0.1, -0.05) is 5.16 Å². The largest absolute Gasteiger partial charge is 0.448 e. The molecule has 18 heavy (non-hydrogen) atoms. The summed E-state index contributed by atoms with van der Waals surface area (Å²) in [5.41, 5.74) is 1.15. The van der Waals surface area contributed by atoms with Crippen LogP contribution < -0.4 is 0 Å². The molecule has 0 fully saturated rings. The van der Waals surface area contributed by atoms with Gasteiger partial charge in [0.25, 0.3) is 5.89 Å². The quantitative estimate of drug-likeness (QED) is 0.694. The average Bonchev–Trinajstić information content (AvgIpc) is 2.98. The molecule has 2 aromatic heterocycles. The molecule has 0 bridgehead atoms. The molecule has 0 aliphatic rings. The van der Waals surface area contributed by atoms with Crippen molar-refractivity contribution in [3.8, 4) is 23.0 Å². The van der Waals surface area contributed by atoms with Crippen LogP contribution in [0.15, 0.2) is 39.5 Å². The average molecular weight is 245 g/mol. The summed E-state index contributed by atoms with van der Waals surface area (Å²) in [5.74, 6) is 0.859. The van der Waals surface area contributed by atoms with Gasteiger partial charge in [-0.15, -0.1) is 0 Å². The Morgan fingerprint density at radius 3 is 2.56 bits per heavy atom. The number of aromatic nitrogens is 3. The summed E-state index contributed by atoms with van der Waals surface area (Å²) in [6, 6.07) is 5.84. The van der Waals surface area contributed by atoms with Crippen molar-refractivity contribution in [1.82, 2.24) is 15.1 Å². The van der Waals surface area contributed by atoms with Gasteiger partial charge >= 0.3 is 0 Å². The van der Waals surface area contributed by atoms with Gasteiger partial charge in [-0.2, -0.15) is 4.98 Å². The summed E-state index contributed by atoms with van der Waals surface area (Å²) in [5, 5.41) is 3.81. The van der Waals surface area contributed by atoms with E-state index < -0.39 is 0 Å². The zero-order valence-electron chi connectivity index (χ0n) is 9.42. The van der Waals surface area contributed by atoms with Crippen molar-refractivity contribution in [1.29, 1.82) is 0 Å². The predicted octanol–water partition coefficient (Wildman–Crippen LogP) is 2.84. The van der Waals surface area contributed by atoms with Crippen LogP contribution in [0.2, 0.25) is 0 Å². The first-order valence-corrected chi connectivity index (χ1v) is 5.24. The van der Waals surface area contributed by atoms with Crippen LogP contribution in [0.3, 0.4) is 0 Å². The summed E-state index contributed by atoms with van der Waals surface area (Å²) in [6.45, 7) is 1.72. The molecule has 0 atom stereocenters. The molecule has 0 unspecified atom stereocenters. The highest BCUT2D eigenvalue weighted by Gasteiger charge is 2.13. The van der Waals surface area contributed by atoms with Crippen molar-refractivity contribution < 1.29 is 13.3 Å². The Hall–Kier alpha value is -2.50. The predicted molar refractivity (Wildman–Crippen MR) is 59.9 cm³/mol. The maximum atomic E-state index is 12.8. The molecule has 2 heterocycles. The fourth-order valence-corrected chi connectivity index (χ4v) is 1.51. The van der Waals surface area contributed by atoms with Crippen LogP contribution in [0.4, 0.5) is 4.39 Å². The standard InChI is InChI=1S/C12H8FN3O2/c1-7-14-10(6-17-7)12-15-11(16-18-12)8-2-4-9(13)5-3-8/h2-6H,1H3. The number of hydrogen-bond donors (Lipinski definition) is 0. The van der Waals surface area contributed by atoms with Crippen LogP contribution in [0.1, 0.15) is 5.89 Å². The second-order valence-corrected chi connectivity index (χ2v) is 3.68. The van der Waals surface area contributed by atoms with Gasteiger partial charge in [0.2, 0.25) is 5.82 Å². The van der Waals surface area contributed by atoms with Crippen LogP contribution in [-0.2, 0) is 0 Å². The van der Waals surface area contributed by atoms with E-state index in [0.717, 1.165) is 0 Å². The van der Waals surface area contributed by atoms with E-state index in [4.69, 9.17) is 8.94 Å². The van der Waals surface area contributed by atoms with E-state index in [1.165, 1.54) is 18.4 Å². The van der Waals surface area contributed by atoms with Crippen molar-refractivity contribution in [2.24, 2.45) is 0 Å². The molecular formula is C12H8FN3O2. The van der Waals surface area contributed by atoms with Crippen LogP contribution in [0.25, 0.3) is 23.0 Å². The number of hydrogen-bond acceptors (Lipinski definition) is 5. The fraction of sp³-hybridized carbons (Fsp3) is 0.0833. The molecule has 90 valence electrons. The maximum Gasteiger partial charge on any atom is 0.280 e. The monoisotopic (exact) mass is 245 g/mol. The Labute approximate surface area is 101 Å². The Balaban J connectivity index is 1.96. The molecule has 0 saturated heterocycles. The Bertz CT molecular complexity index is 673. The van der Waals surface area contributed by atoms with E-state index in [2.05, 4.69) is 15.1 Å². The first-order chi connectivity index (χ1) is 8.72.